The topological polar surface area (TPSA) is 65.8 Å². The van der Waals surface area contributed by atoms with Crippen LogP contribution < -0.4 is 9.47 Å². The molecule has 0 radical (unpaired) electrons. The molecule has 3 aromatic rings. The molecule has 0 N–H and O–H groups in total. The van der Waals surface area contributed by atoms with Gasteiger partial charge in [-0.1, -0.05) is 23.4 Å². The van der Waals surface area contributed by atoms with Crippen LogP contribution in [0, 0.1) is 30.4 Å². The number of pyridine rings is 1. The average Bonchev–Trinajstić information content (AvgIpc) is 3.46. The number of rotatable bonds is 3. The fourth-order valence-corrected chi connectivity index (χ4v) is 4.62. The summed E-state index contributed by atoms with van der Waals surface area (Å²) >= 11 is 6.48. The van der Waals surface area contributed by atoms with Crippen LogP contribution in [0.15, 0.2) is 18.5 Å². The van der Waals surface area contributed by atoms with Crippen LogP contribution in [-0.2, 0) is 4.74 Å². The number of likely N-dealkylation sites (tertiary alicyclic amines) is 1. The molecule has 196 valence electrons. The van der Waals surface area contributed by atoms with Gasteiger partial charge in [-0.25, -0.2) is 18.6 Å². The van der Waals surface area contributed by atoms with Crippen LogP contribution in [0.5, 0.6) is 11.5 Å². The lowest BCUT2D eigenvalue weighted by Gasteiger charge is -2.24. The molecule has 1 aliphatic heterocycles. The summed E-state index contributed by atoms with van der Waals surface area (Å²) in [6, 6.07) is 1.05. The first-order chi connectivity index (χ1) is 17.4. The lowest BCUT2D eigenvalue weighted by Crippen LogP contribution is -2.35. The number of ether oxygens (including phenoxy) is 3. The van der Waals surface area contributed by atoms with Crippen molar-refractivity contribution >= 4 is 28.6 Å². The Morgan fingerprint density at radius 3 is 2.41 bits per heavy atom. The number of halogens is 3. The lowest BCUT2D eigenvalue weighted by atomic mass is 10.1. The van der Waals surface area contributed by atoms with Gasteiger partial charge in [0.25, 0.3) is 0 Å². The first kappa shape index (κ1) is 26.6. The molecule has 1 aliphatic rings. The summed E-state index contributed by atoms with van der Waals surface area (Å²) in [6.45, 7) is 8.33. The maximum Gasteiger partial charge on any atom is 0.410 e. The summed E-state index contributed by atoms with van der Waals surface area (Å²) in [5.41, 5.74) is 1.02. The molecule has 1 saturated heterocycles. The summed E-state index contributed by atoms with van der Waals surface area (Å²) in [6.07, 6.45) is 3.76. The maximum absolute atomic E-state index is 14.9. The van der Waals surface area contributed by atoms with Gasteiger partial charge in [0.2, 0.25) is 0 Å². The SMILES string of the molecule is COc1cc(OC)c(F)c(C#Cc2cn([C@H]3CCN(C(=O)OC(C)(C)C)C3)c3c(C)cnc(Cl)c23)c1F. The van der Waals surface area contributed by atoms with Crippen molar-refractivity contribution in [3.63, 3.8) is 0 Å². The highest BCUT2D eigenvalue weighted by molar-refractivity contribution is 6.34. The minimum Gasteiger partial charge on any atom is -0.493 e. The van der Waals surface area contributed by atoms with E-state index in [1.54, 1.807) is 17.3 Å². The number of aromatic nitrogens is 2. The number of hydrogen-bond acceptors (Lipinski definition) is 5. The predicted octanol–water partition coefficient (Wildman–Crippen LogP) is 5.88. The zero-order valence-electron chi connectivity index (χ0n) is 21.5. The Hall–Kier alpha value is -3.51. The average molecular weight is 532 g/mol. The quantitative estimate of drug-likeness (QED) is 0.312. The van der Waals surface area contributed by atoms with E-state index in [9.17, 15) is 13.6 Å². The van der Waals surface area contributed by atoms with Crippen LogP contribution >= 0.6 is 11.6 Å². The van der Waals surface area contributed by atoms with Crippen LogP contribution in [0.1, 0.15) is 49.9 Å². The van der Waals surface area contributed by atoms with Gasteiger partial charge in [-0.15, -0.1) is 0 Å². The van der Waals surface area contributed by atoms with E-state index >= 15 is 0 Å². The van der Waals surface area contributed by atoms with Crippen molar-refractivity contribution < 1.29 is 27.8 Å². The van der Waals surface area contributed by atoms with Gasteiger partial charge in [0, 0.05) is 31.5 Å². The number of benzene rings is 1. The summed E-state index contributed by atoms with van der Waals surface area (Å²) in [5, 5.41) is 0.787. The molecule has 0 spiro atoms. The van der Waals surface area contributed by atoms with E-state index in [1.165, 1.54) is 14.2 Å². The Balaban J connectivity index is 1.78. The third-order valence-electron chi connectivity index (χ3n) is 6.09. The van der Waals surface area contributed by atoms with Gasteiger partial charge >= 0.3 is 6.09 Å². The molecule has 0 bridgehead atoms. The molecule has 3 heterocycles. The molecule has 1 amide bonds. The van der Waals surface area contributed by atoms with Crippen LogP contribution in [0.4, 0.5) is 13.6 Å². The second kappa shape index (κ2) is 10.1. The van der Waals surface area contributed by atoms with Crippen molar-refractivity contribution in [3.8, 4) is 23.3 Å². The van der Waals surface area contributed by atoms with Crippen molar-refractivity contribution in [1.29, 1.82) is 0 Å². The van der Waals surface area contributed by atoms with E-state index in [1.807, 2.05) is 32.3 Å². The number of hydrogen-bond donors (Lipinski definition) is 0. The molecular formula is C27H28ClF2N3O4. The van der Waals surface area contributed by atoms with Crippen molar-refractivity contribution in [2.75, 3.05) is 27.3 Å². The van der Waals surface area contributed by atoms with Crippen molar-refractivity contribution in [1.82, 2.24) is 14.5 Å². The predicted molar refractivity (Wildman–Crippen MR) is 136 cm³/mol. The van der Waals surface area contributed by atoms with Gasteiger partial charge < -0.3 is 23.7 Å². The normalized spacial score (nSPS) is 15.5. The molecule has 0 saturated carbocycles. The fourth-order valence-electron chi connectivity index (χ4n) is 4.38. The molecule has 1 aromatic carbocycles. The first-order valence-electron chi connectivity index (χ1n) is 11.7. The van der Waals surface area contributed by atoms with Crippen LogP contribution in [0.2, 0.25) is 5.15 Å². The molecule has 1 atom stereocenters. The maximum atomic E-state index is 14.9. The zero-order chi connectivity index (χ0) is 27.1. The van der Waals surface area contributed by atoms with E-state index in [0.29, 0.717) is 30.5 Å². The van der Waals surface area contributed by atoms with E-state index in [-0.39, 0.29) is 28.8 Å². The molecule has 7 nitrogen and oxygen atoms in total. The van der Waals surface area contributed by atoms with E-state index in [2.05, 4.69) is 16.8 Å². The van der Waals surface area contributed by atoms with E-state index in [0.717, 1.165) is 17.1 Å². The van der Waals surface area contributed by atoms with Gasteiger partial charge in [-0.3, -0.25) is 0 Å². The lowest BCUT2D eigenvalue weighted by molar-refractivity contribution is 0.0289. The highest BCUT2D eigenvalue weighted by Gasteiger charge is 2.32. The van der Waals surface area contributed by atoms with Crippen molar-refractivity contribution in [2.24, 2.45) is 0 Å². The van der Waals surface area contributed by atoms with Crippen LogP contribution in [-0.4, -0.2) is 53.5 Å². The van der Waals surface area contributed by atoms with Crippen LogP contribution in [0.25, 0.3) is 10.9 Å². The highest BCUT2D eigenvalue weighted by Crippen LogP contribution is 2.35. The van der Waals surface area contributed by atoms with Crippen molar-refractivity contribution in [3.05, 3.63) is 51.9 Å². The number of amides is 1. The molecule has 1 fully saturated rings. The summed E-state index contributed by atoms with van der Waals surface area (Å²) in [7, 11) is 2.55. The number of fused-ring (bicyclic) bond motifs is 1. The van der Waals surface area contributed by atoms with Crippen molar-refractivity contribution in [2.45, 2.75) is 45.8 Å². The molecular weight excluding hydrogens is 504 g/mol. The summed E-state index contributed by atoms with van der Waals surface area (Å²) in [4.78, 5) is 18.5. The largest absolute Gasteiger partial charge is 0.493 e. The molecule has 0 aliphatic carbocycles. The molecule has 4 rings (SSSR count). The molecule has 10 heteroatoms. The second-order valence-electron chi connectivity index (χ2n) is 9.81. The monoisotopic (exact) mass is 531 g/mol. The Morgan fingerprint density at radius 2 is 1.81 bits per heavy atom. The third kappa shape index (κ3) is 5.16. The van der Waals surface area contributed by atoms with Gasteiger partial charge in [-0.2, -0.15) is 0 Å². The Labute approximate surface area is 219 Å². The minimum absolute atomic E-state index is 0.0758. The van der Waals surface area contributed by atoms with Gasteiger partial charge in [0.1, 0.15) is 16.3 Å². The van der Waals surface area contributed by atoms with E-state index < -0.39 is 22.8 Å². The third-order valence-corrected chi connectivity index (χ3v) is 6.37. The number of methoxy groups -OCH3 is 2. The van der Waals surface area contributed by atoms with Gasteiger partial charge in [0.15, 0.2) is 23.1 Å². The molecule has 0 unspecified atom stereocenters. The first-order valence-corrected chi connectivity index (χ1v) is 12.1. The minimum atomic E-state index is -0.929. The summed E-state index contributed by atoms with van der Waals surface area (Å²) in [5.74, 6) is 3.24. The smallest absolute Gasteiger partial charge is 0.410 e. The number of carbonyl (C=O) groups excluding carboxylic acids is 1. The second-order valence-corrected chi connectivity index (χ2v) is 10.2. The standard InChI is InChI=1S/C27H28ClF2N3O4/c1-15-12-31-25(28)21-16(7-8-18-22(29)19(35-5)11-20(36-6)23(18)30)13-33(24(15)21)17-9-10-32(14-17)26(34)37-27(2,3)4/h11-13,17H,9-10,14H2,1-6H3/t17-/m0/s1. The fraction of sp³-hybridized carbons (Fsp3) is 0.407. The Morgan fingerprint density at radius 1 is 1.16 bits per heavy atom. The molecule has 37 heavy (non-hydrogen) atoms. The molecule has 2 aromatic heterocycles. The number of nitrogens with zero attached hydrogens (tertiary/aromatic N) is 3. The van der Waals surface area contributed by atoms with Gasteiger partial charge in [-0.05, 0) is 39.7 Å². The highest BCUT2D eigenvalue weighted by atomic mass is 35.5. The number of carbonyl (C=O) groups is 1. The van der Waals surface area contributed by atoms with Crippen LogP contribution in [0.3, 0.4) is 0 Å². The summed E-state index contributed by atoms with van der Waals surface area (Å²) < 4.78 is 47.3. The Kier molecular flexibility index (Phi) is 7.24. The number of aryl methyl sites for hydroxylation is 1. The van der Waals surface area contributed by atoms with E-state index in [4.69, 9.17) is 25.8 Å². The van der Waals surface area contributed by atoms with Gasteiger partial charge in [0.05, 0.1) is 36.7 Å². The zero-order valence-corrected chi connectivity index (χ0v) is 22.3. The Bertz CT molecular complexity index is 1410.